The third-order valence-electron chi connectivity index (χ3n) is 0.669. The second-order valence-corrected chi connectivity index (χ2v) is 3.76. The molecule has 0 fully saturated rings. The van der Waals surface area contributed by atoms with Crippen molar-refractivity contribution in [3.8, 4) is 0 Å². The summed E-state index contributed by atoms with van der Waals surface area (Å²) in [5.41, 5.74) is 0.0405. The van der Waals surface area contributed by atoms with Crippen molar-refractivity contribution in [3.63, 3.8) is 0 Å². The molecule has 0 aliphatic heterocycles. The minimum Gasteiger partial charge on any atom is -0.652 e. The summed E-state index contributed by atoms with van der Waals surface area (Å²) < 4.78 is 0. The van der Waals surface area contributed by atoms with Crippen molar-refractivity contribution < 1.29 is 123 Å². The van der Waals surface area contributed by atoms with Crippen LogP contribution in [-0.4, -0.2) is 11.4 Å². The van der Waals surface area contributed by atoms with Crippen LogP contribution in [0.5, 0.6) is 0 Å². The molecule has 0 saturated carbocycles. The second kappa shape index (κ2) is 13.6. The molecule has 0 rings (SSSR count). The molecule has 0 aromatic heterocycles. The molecule has 0 saturated heterocycles. The van der Waals surface area contributed by atoms with Crippen molar-refractivity contribution in [3.05, 3.63) is 0 Å². The van der Waals surface area contributed by atoms with E-state index >= 15 is 0 Å². The summed E-state index contributed by atoms with van der Waals surface area (Å²) >= 11 is 5.12. The minimum absolute atomic E-state index is 0. The van der Waals surface area contributed by atoms with Gasteiger partial charge in [-0.25, -0.2) is 0 Å². The van der Waals surface area contributed by atoms with E-state index < -0.39 is 6.16 Å². The summed E-state index contributed by atoms with van der Waals surface area (Å²) in [5.74, 6) is 0. The van der Waals surface area contributed by atoms with Crippen LogP contribution in [-0.2, 0) is 4.79 Å². The molecule has 0 radical (unpaired) electrons. The van der Waals surface area contributed by atoms with E-state index in [1.165, 1.54) is 0 Å². The average molecular weight is 273 g/mol. The van der Waals surface area contributed by atoms with Gasteiger partial charge in [-0.05, 0) is 23.2 Å². The van der Waals surface area contributed by atoms with E-state index in [0.29, 0.717) is 6.42 Å². The molecule has 0 bridgehead atoms. The van der Waals surface area contributed by atoms with Crippen LogP contribution < -0.4 is 113 Å². The Kier molecular flexibility index (Phi) is 24.6. The molecular weight excluding hydrogens is 262 g/mol. The Bertz CT molecular complexity index is 164. The van der Waals surface area contributed by atoms with Gasteiger partial charge in [0.05, 0.1) is 0 Å². The van der Waals surface area contributed by atoms with E-state index in [1.54, 1.807) is 0 Å². The van der Waals surface area contributed by atoms with Crippen molar-refractivity contribution in [2.45, 2.75) is 27.2 Å². The average Bonchev–Trinajstić information content (AvgIpc) is 1.52. The largest absolute Gasteiger partial charge is 1.00 e. The van der Waals surface area contributed by atoms with Gasteiger partial charge in [0.1, 0.15) is 0 Å². The molecule has 72 valence electrons. The molecule has 14 heavy (non-hydrogen) atoms. The first-order chi connectivity index (χ1) is 5.15. The number of hydrogen-bond donors (Lipinski definition) is 0. The Hall–Kier alpha value is 2.50. The Labute approximate surface area is 174 Å². The van der Waals surface area contributed by atoms with Crippen molar-refractivity contribution >= 4 is 23.0 Å². The van der Waals surface area contributed by atoms with E-state index in [-0.39, 0.29) is 113 Å². The fraction of sp³-hybridized carbons (Fsp3) is 0.714. The molecular formula is C7H11ClK2O4. The van der Waals surface area contributed by atoms with Gasteiger partial charge in [-0.3, -0.25) is 4.79 Å². The zero-order chi connectivity index (χ0) is 10.4. The number of carbonyl (C=O) groups is 2. The second-order valence-electron chi connectivity index (χ2n) is 3.34. The molecule has 0 aromatic rings. The van der Waals surface area contributed by atoms with Crippen LogP contribution in [0.15, 0.2) is 0 Å². The van der Waals surface area contributed by atoms with Gasteiger partial charge in [0, 0.05) is 6.42 Å². The standard InChI is InChI=1S/C6H11ClO.CH2O3.2K/c1-6(2,3)4-5(7)8;2-1(3)4;;/h4H2,1-3H3;(H2,2,3,4);;/q;;2*+1/p-2. The summed E-state index contributed by atoms with van der Waals surface area (Å²) in [6.07, 6.45) is -1.88. The zero-order valence-corrected chi connectivity index (χ0v) is 16.2. The number of carboxylic acid groups (broad SMARTS) is 2. The quantitative estimate of drug-likeness (QED) is 0.351. The molecule has 0 spiro atoms. The molecule has 0 aromatic carbocycles. The van der Waals surface area contributed by atoms with Crippen molar-refractivity contribution in [1.29, 1.82) is 0 Å². The summed E-state index contributed by atoms with van der Waals surface area (Å²) in [5, 5.41) is 16.4. The van der Waals surface area contributed by atoms with Gasteiger partial charge in [-0.1, -0.05) is 20.8 Å². The van der Waals surface area contributed by atoms with Gasteiger partial charge in [0.2, 0.25) is 5.24 Å². The van der Waals surface area contributed by atoms with Gasteiger partial charge in [-0.15, -0.1) is 0 Å². The Morgan fingerprint density at radius 2 is 1.36 bits per heavy atom. The predicted octanol–water partition coefficient (Wildman–Crippen LogP) is -6.25. The Morgan fingerprint density at radius 3 is 1.36 bits per heavy atom. The monoisotopic (exact) mass is 272 g/mol. The van der Waals surface area contributed by atoms with Crippen LogP contribution in [0, 0.1) is 5.41 Å². The third-order valence-corrected chi connectivity index (χ3v) is 0.803. The van der Waals surface area contributed by atoms with Crippen LogP contribution in [0.2, 0.25) is 0 Å². The summed E-state index contributed by atoms with van der Waals surface area (Å²) in [6, 6.07) is 0. The van der Waals surface area contributed by atoms with Gasteiger partial charge < -0.3 is 15.0 Å². The summed E-state index contributed by atoms with van der Waals surface area (Å²) in [7, 11) is 0. The summed E-state index contributed by atoms with van der Waals surface area (Å²) in [6.45, 7) is 5.94. The van der Waals surface area contributed by atoms with Gasteiger partial charge in [0.15, 0.2) is 0 Å². The maximum Gasteiger partial charge on any atom is 1.00 e. The van der Waals surface area contributed by atoms with E-state index in [9.17, 15) is 4.79 Å². The molecule has 4 nitrogen and oxygen atoms in total. The Balaban J connectivity index is -0.0000000733. The van der Waals surface area contributed by atoms with Gasteiger partial charge >= 0.3 is 103 Å². The molecule has 0 unspecified atom stereocenters. The fourth-order valence-electron chi connectivity index (χ4n) is 0.417. The molecule has 0 aliphatic rings. The third kappa shape index (κ3) is 47.0. The number of carbonyl (C=O) groups excluding carboxylic acids is 2. The maximum absolute atomic E-state index is 10.2. The maximum atomic E-state index is 10.2. The van der Waals surface area contributed by atoms with E-state index in [4.69, 9.17) is 26.6 Å². The van der Waals surface area contributed by atoms with Crippen LogP contribution in [0.1, 0.15) is 27.2 Å². The molecule has 0 heterocycles. The van der Waals surface area contributed by atoms with Crippen LogP contribution in [0.25, 0.3) is 0 Å². The van der Waals surface area contributed by atoms with Crippen molar-refractivity contribution in [2.24, 2.45) is 5.41 Å². The van der Waals surface area contributed by atoms with Crippen molar-refractivity contribution in [2.75, 3.05) is 0 Å². The first-order valence-electron chi connectivity index (χ1n) is 3.21. The van der Waals surface area contributed by atoms with Gasteiger partial charge in [-0.2, -0.15) is 0 Å². The van der Waals surface area contributed by atoms with Gasteiger partial charge in [0.25, 0.3) is 0 Å². The van der Waals surface area contributed by atoms with E-state index in [1.807, 2.05) is 20.8 Å². The molecule has 7 heteroatoms. The van der Waals surface area contributed by atoms with E-state index in [2.05, 4.69) is 0 Å². The number of halogens is 1. The fourth-order valence-corrected chi connectivity index (χ4v) is 0.818. The molecule has 0 N–H and O–H groups in total. The Morgan fingerprint density at radius 1 is 1.14 bits per heavy atom. The van der Waals surface area contributed by atoms with Crippen LogP contribution >= 0.6 is 11.6 Å². The van der Waals surface area contributed by atoms with Crippen molar-refractivity contribution in [1.82, 2.24) is 0 Å². The van der Waals surface area contributed by atoms with Crippen LogP contribution in [0.3, 0.4) is 0 Å². The first-order valence-corrected chi connectivity index (χ1v) is 3.59. The molecule has 0 atom stereocenters. The molecule has 0 amide bonds. The zero-order valence-electron chi connectivity index (χ0n) is 9.22. The number of hydrogen-bond acceptors (Lipinski definition) is 4. The normalized spacial score (nSPS) is 8.29. The molecule has 0 aliphatic carbocycles. The summed E-state index contributed by atoms with van der Waals surface area (Å²) in [4.78, 5) is 18.6. The predicted molar refractivity (Wildman–Crippen MR) is 40.3 cm³/mol. The van der Waals surface area contributed by atoms with E-state index in [0.717, 1.165) is 0 Å². The van der Waals surface area contributed by atoms with Crippen LogP contribution in [0.4, 0.5) is 4.79 Å². The SMILES string of the molecule is CC(C)(C)CC(=O)Cl.O=C([O-])[O-].[K+].[K+]. The first kappa shape index (κ1) is 25.4. The number of rotatable bonds is 1. The smallest absolute Gasteiger partial charge is 0.652 e. The topological polar surface area (TPSA) is 80.3 Å². The minimum atomic E-state index is -2.33.